The van der Waals surface area contributed by atoms with Crippen LogP contribution in [0.3, 0.4) is 0 Å². The second-order valence-corrected chi connectivity index (χ2v) is 10.1. The Morgan fingerprint density at radius 1 is 0.978 bits per heavy atom. The highest BCUT2D eigenvalue weighted by molar-refractivity contribution is 5.92. The smallest absolute Gasteiger partial charge is 0.442 e. The summed E-state index contributed by atoms with van der Waals surface area (Å²) in [6.45, 7) is 2.13. The summed E-state index contributed by atoms with van der Waals surface area (Å²) >= 11 is 0. The average Bonchev–Trinajstić information content (AvgIpc) is 3.87. The van der Waals surface area contributed by atoms with Gasteiger partial charge in [-0.1, -0.05) is 18.1 Å². The van der Waals surface area contributed by atoms with Crippen LogP contribution >= 0.6 is 0 Å². The molecule has 1 saturated heterocycles. The summed E-state index contributed by atoms with van der Waals surface area (Å²) in [5.41, 5.74) is -1.31. The van der Waals surface area contributed by atoms with Crippen LogP contribution in [0.2, 0.25) is 0 Å². The van der Waals surface area contributed by atoms with Gasteiger partial charge in [-0.3, -0.25) is 0 Å². The molecule has 2 aliphatic rings. The first-order valence-corrected chi connectivity index (χ1v) is 13.8. The minimum atomic E-state index is -4.59. The number of amides is 2. The summed E-state index contributed by atoms with van der Waals surface area (Å²) in [6, 6.07) is 15.4. The number of nitrogens with zero attached hydrogens (tertiary/aromatic N) is 6. The van der Waals surface area contributed by atoms with E-state index in [1.165, 1.54) is 30.6 Å². The maximum Gasteiger partial charge on any atom is 0.442 e. The number of carbonyl (C=O) groups excluding carboxylic acids is 1. The largest absolute Gasteiger partial charge is 0.493 e. The number of rotatable bonds is 8. The molecule has 230 valence electrons. The zero-order chi connectivity index (χ0) is 31.6. The molecule has 0 atom stereocenters. The molecule has 45 heavy (non-hydrogen) atoms. The van der Waals surface area contributed by atoms with Gasteiger partial charge in [0, 0.05) is 48.9 Å². The Bertz CT molecular complexity index is 1780. The number of halogens is 3. The molecule has 1 aromatic heterocycles. The number of carbonyl (C=O) groups is 1. The van der Waals surface area contributed by atoms with E-state index in [2.05, 4.69) is 36.3 Å². The van der Waals surface area contributed by atoms with Crippen molar-refractivity contribution in [2.24, 2.45) is 10.2 Å². The van der Waals surface area contributed by atoms with E-state index in [9.17, 15) is 18.0 Å². The first-order chi connectivity index (χ1) is 21.7. The third-order valence-electron chi connectivity index (χ3n) is 7.37. The van der Waals surface area contributed by atoms with Gasteiger partial charge >= 0.3 is 17.9 Å². The van der Waals surface area contributed by atoms with E-state index in [0.717, 1.165) is 11.2 Å². The highest BCUT2D eigenvalue weighted by atomic mass is 19.4. The Morgan fingerprint density at radius 3 is 2.24 bits per heavy atom. The predicted octanol–water partition coefficient (Wildman–Crippen LogP) is 5.98. The van der Waals surface area contributed by atoms with Gasteiger partial charge in [0.05, 0.1) is 12.6 Å². The van der Waals surface area contributed by atoms with Crippen molar-refractivity contribution >= 4 is 28.4 Å². The van der Waals surface area contributed by atoms with Crippen LogP contribution in [0.25, 0.3) is 10.9 Å². The van der Waals surface area contributed by atoms with Gasteiger partial charge < -0.3 is 29.3 Å². The van der Waals surface area contributed by atoms with Gasteiger partial charge in [0.2, 0.25) is 0 Å². The second-order valence-electron chi connectivity index (χ2n) is 10.1. The summed E-state index contributed by atoms with van der Waals surface area (Å²) < 4.78 is 56.4. The SMILES string of the molecule is C#CCOc1cc2ncnc(N3CCN(C(=O)Nc4ccc(Oc5ccc(C6(C(F)(F)F)N=N6)cc5)cc4)CC3)c2cc1OC. The first kappa shape index (κ1) is 29.5. The number of nitrogens with one attached hydrogen (secondary N) is 1. The molecule has 0 aliphatic carbocycles. The number of piperazine rings is 1. The molecule has 0 saturated carbocycles. The fraction of sp³-hybridized carbons (Fsp3) is 0.258. The van der Waals surface area contributed by atoms with Crippen molar-refractivity contribution < 1.29 is 32.2 Å². The zero-order valence-corrected chi connectivity index (χ0v) is 23.9. The van der Waals surface area contributed by atoms with Crippen LogP contribution in [-0.2, 0) is 5.66 Å². The molecule has 2 aliphatic heterocycles. The summed E-state index contributed by atoms with van der Waals surface area (Å²) in [7, 11) is 1.55. The normalized spacial score (nSPS) is 15.4. The lowest BCUT2D eigenvalue weighted by molar-refractivity contribution is -0.166. The number of fused-ring (bicyclic) bond motifs is 1. The van der Waals surface area contributed by atoms with Crippen LogP contribution in [0.5, 0.6) is 23.0 Å². The summed E-state index contributed by atoms with van der Waals surface area (Å²) in [6.07, 6.45) is 2.22. The topological polar surface area (TPSA) is 114 Å². The number of benzene rings is 3. The standard InChI is InChI=1S/C31H26F3N7O4/c1-3-16-44-27-18-25-24(17-26(27)43-2)28(36-19-35-25)40-12-14-41(15-13-40)29(42)37-21-6-10-23(11-7-21)45-22-8-4-20(5-9-22)30(38-39-30)31(32,33)34/h1,4-11,17-19H,12-16H2,2H3,(H,37,42). The highest BCUT2D eigenvalue weighted by Gasteiger charge is 2.65. The lowest BCUT2D eigenvalue weighted by Crippen LogP contribution is -2.50. The van der Waals surface area contributed by atoms with Crippen molar-refractivity contribution in [2.45, 2.75) is 11.8 Å². The minimum Gasteiger partial charge on any atom is -0.493 e. The highest BCUT2D eigenvalue weighted by Crippen LogP contribution is 2.52. The number of anilines is 2. The molecule has 14 heteroatoms. The Labute approximate surface area is 255 Å². The first-order valence-electron chi connectivity index (χ1n) is 13.8. The molecular weight excluding hydrogens is 591 g/mol. The van der Waals surface area contributed by atoms with Crippen LogP contribution in [-0.4, -0.2) is 67.0 Å². The zero-order valence-electron chi connectivity index (χ0n) is 23.9. The molecule has 0 spiro atoms. The number of urea groups is 1. The second kappa shape index (κ2) is 11.8. The quantitative estimate of drug-likeness (QED) is 0.242. The van der Waals surface area contributed by atoms with E-state index in [1.807, 2.05) is 6.07 Å². The Kier molecular flexibility index (Phi) is 7.76. The van der Waals surface area contributed by atoms with Gasteiger partial charge in [-0.2, -0.15) is 13.2 Å². The predicted molar refractivity (Wildman–Crippen MR) is 159 cm³/mol. The van der Waals surface area contributed by atoms with Crippen molar-refractivity contribution in [3.8, 4) is 35.3 Å². The molecule has 11 nitrogen and oxygen atoms in total. The molecule has 0 radical (unpaired) electrons. The van der Waals surface area contributed by atoms with E-state index in [4.69, 9.17) is 20.6 Å². The molecule has 1 N–H and O–H groups in total. The van der Waals surface area contributed by atoms with E-state index in [0.29, 0.717) is 60.4 Å². The molecule has 3 aromatic carbocycles. The molecule has 3 heterocycles. The van der Waals surface area contributed by atoms with Gasteiger partial charge in [0.25, 0.3) is 0 Å². The molecule has 1 fully saturated rings. The van der Waals surface area contributed by atoms with E-state index < -0.39 is 11.8 Å². The Hall–Kier alpha value is -5.58. The van der Waals surface area contributed by atoms with E-state index in [-0.39, 0.29) is 18.2 Å². The van der Waals surface area contributed by atoms with Gasteiger partial charge in [0.1, 0.15) is 30.3 Å². The maximum atomic E-state index is 13.2. The summed E-state index contributed by atoms with van der Waals surface area (Å²) in [5.74, 6) is 4.96. The number of alkyl halides is 3. The number of terminal acetylenes is 1. The van der Waals surface area contributed by atoms with Crippen molar-refractivity contribution in [1.29, 1.82) is 0 Å². The van der Waals surface area contributed by atoms with E-state index in [1.54, 1.807) is 42.3 Å². The van der Waals surface area contributed by atoms with Crippen LogP contribution < -0.4 is 24.4 Å². The van der Waals surface area contributed by atoms with Crippen molar-refractivity contribution in [2.75, 3.05) is 50.1 Å². The molecular formula is C31H26F3N7O4. The van der Waals surface area contributed by atoms with Crippen molar-refractivity contribution in [3.05, 3.63) is 72.6 Å². The summed E-state index contributed by atoms with van der Waals surface area (Å²) in [5, 5.41) is 10.1. The van der Waals surface area contributed by atoms with Gasteiger partial charge in [-0.25, -0.2) is 14.8 Å². The molecule has 6 rings (SSSR count). The van der Waals surface area contributed by atoms with Crippen LogP contribution in [0.1, 0.15) is 5.56 Å². The van der Waals surface area contributed by atoms with Crippen LogP contribution in [0, 0.1) is 12.3 Å². The molecule has 4 aromatic rings. The van der Waals surface area contributed by atoms with E-state index >= 15 is 0 Å². The maximum absolute atomic E-state index is 13.2. The van der Waals surface area contributed by atoms with Gasteiger partial charge in [0.15, 0.2) is 11.5 Å². The minimum absolute atomic E-state index is 0.0763. The van der Waals surface area contributed by atoms with Crippen LogP contribution in [0.15, 0.2) is 77.2 Å². The number of hydrogen-bond donors (Lipinski definition) is 1. The molecule has 2 amide bonds. The average molecular weight is 618 g/mol. The van der Waals surface area contributed by atoms with Gasteiger partial charge in [-0.05, 0) is 42.5 Å². The fourth-order valence-electron chi connectivity index (χ4n) is 4.96. The Morgan fingerprint density at radius 2 is 1.64 bits per heavy atom. The lowest BCUT2D eigenvalue weighted by atomic mass is 10.0. The van der Waals surface area contributed by atoms with Crippen molar-refractivity contribution in [1.82, 2.24) is 14.9 Å². The summed E-state index contributed by atoms with van der Waals surface area (Å²) in [4.78, 5) is 25.7. The number of methoxy groups -OCH3 is 1. The molecule has 0 unspecified atom stereocenters. The van der Waals surface area contributed by atoms with Crippen LogP contribution in [0.4, 0.5) is 29.5 Å². The van der Waals surface area contributed by atoms with Gasteiger partial charge in [-0.15, -0.1) is 16.7 Å². The van der Waals surface area contributed by atoms with Crippen molar-refractivity contribution in [3.63, 3.8) is 0 Å². The number of hydrogen-bond acceptors (Lipinski definition) is 9. The Balaban J connectivity index is 1.04. The molecule has 0 bridgehead atoms. The fourth-order valence-corrected chi connectivity index (χ4v) is 4.96. The third kappa shape index (κ3) is 5.97. The number of ether oxygens (including phenoxy) is 3. The number of aromatic nitrogens is 2. The lowest BCUT2D eigenvalue weighted by Gasteiger charge is -2.35. The third-order valence-corrected chi connectivity index (χ3v) is 7.37. The monoisotopic (exact) mass is 617 g/mol.